The van der Waals surface area contributed by atoms with Gasteiger partial charge in [-0.3, -0.25) is 24.6 Å². The van der Waals surface area contributed by atoms with Gasteiger partial charge in [0.25, 0.3) is 5.91 Å². The average molecular weight is 474 g/mol. The number of amides is 3. The van der Waals surface area contributed by atoms with Gasteiger partial charge in [0.05, 0.1) is 0 Å². The minimum Gasteiger partial charge on any atom is -0.322 e. The molecular weight excluding hydrogens is 437 g/mol. The van der Waals surface area contributed by atoms with E-state index >= 15 is 0 Å². The highest BCUT2D eigenvalue weighted by molar-refractivity contribution is 6.05. The second-order valence-electron chi connectivity index (χ2n) is 10.0. The van der Waals surface area contributed by atoms with Crippen molar-refractivity contribution in [1.29, 1.82) is 0 Å². The summed E-state index contributed by atoms with van der Waals surface area (Å²) < 4.78 is 12.1. The van der Waals surface area contributed by atoms with Crippen LogP contribution in [0.15, 0.2) is 18.2 Å². The van der Waals surface area contributed by atoms with E-state index in [0.29, 0.717) is 17.5 Å². The molecule has 1 aromatic rings. The van der Waals surface area contributed by atoms with Gasteiger partial charge in [0.2, 0.25) is 11.8 Å². The standard InChI is InChI=1S/C13H11FN2O4.C13H25N/c14-20-8-1-2-9-7(5-8)6-16(13(9)19)10-3-4-11(17)15-12(10)18;1-3-7-12(8-4-1)11-14-13-9-5-2-6-10-13/h1-2,5,10H,3-4,6H2,(H,15,17,18);12-14H,1-11H2. The molecule has 34 heavy (non-hydrogen) atoms. The molecule has 1 saturated heterocycles. The van der Waals surface area contributed by atoms with Crippen molar-refractivity contribution in [3.63, 3.8) is 0 Å². The Morgan fingerprint density at radius 2 is 1.68 bits per heavy atom. The SMILES string of the molecule is C1CCC(CNC2CCCCC2)CC1.O=C1CCC(N2Cc3cc(OF)ccc3C2=O)C(=O)N1. The zero-order chi connectivity index (χ0) is 23.9. The molecule has 2 heterocycles. The number of rotatable bonds is 5. The van der Waals surface area contributed by atoms with Gasteiger partial charge in [-0.05, 0) is 68.3 Å². The van der Waals surface area contributed by atoms with Gasteiger partial charge in [-0.15, -0.1) is 0 Å². The molecule has 8 heteroatoms. The quantitative estimate of drug-likeness (QED) is 0.626. The van der Waals surface area contributed by atoms with Crippen molar-refractivity contribution < 1.29 is 23.9 Å². The van der Waals surface area contributed by atoms with Crippen LogP contribution in [0, 0.1) is 5.92 Å². The molecule has 0 bridgehead atoms. The molecule has 0 aromatic heterocycles. The Bertz CT molecular complexity index is 863. The molecular formula is C26H36FN3O4. The van der Waals surface area contributed by atoms with Crippen molar-refractivity contribution in [3.8, 4) is 5.75 Å². The molecule has 3 amide bonds. The van der Waals surface area contributed by atoms with Gasteiger partial charge in [0.1, 0.15) is 6.04 Å². The summed E-state index contributed by atoms with van der Waals surface area (Å²) in [6.45, 7) is 1.52. The van der Waals surface area contributed by atoms with Crippen molar-refractivity contribution in [2.24, 2.45) is 5.92 Å². The number of fused-ring (bicyclic) bond motifs is 1. The lowest BCUT2D eigenvalue weighted by atomic mass is 9.88. The average Bonchev–Trinajstić information content (AvgIpc) is 3.19. The molecule has 186 valence electrons. The summed E-state index contributed by atoms with van der Waals surface area (Å²) in [6.07, 6.45) is 15.2. The maximum absolute atomic E-state index is 12.2. The summed E-state index contributed by atoms with van der Waals surface area (Å²) in [5.41, 5.74) is 1.03. The molecule has 2 saturated carbocycles. The Hall–Kier alpha value is -2.48. The molecule has 2 aliphatic heterocycles. The summed E-state index contributed by atoms with van der Waals surface area (Å²) in [7, 11) is 0. The van der Waals surface area contributed by atoms with Crippen LogP contribution >= 0.6 is 0 Å². The number of halogens is 1. The topological polar surface area (TPSA) is 87.7 Å². The first-order valence-corrected chi connectivity index (χ1v) is 12.8. The van der Waals surface area contributed by atoms with Crippen LogP contribution in [0.2, 0.25) is 0 Å². The van der Waals surface area contributed by atoms with Gasteiger partial charge in [-0.2, -0.15) is 0 Å². The number of nitrogens with zero attached hydrogens (tertiary/aromatic N) is 1. The van der Waals surface area contributed by atoms with Crippen LogP contribution in [0.4, 0.5) is 4.53 Å². The van der Waals surface area contributed by atoms with Gasteiger partial charge >= 0.3 is 0 Å². The number of carbonyl (C=O) groups excluding carboxylic acids is 3. The van der Waals surface area contributed by atoms with E-state index in [-0.39, 0.29) is 30.5 Å². The highest BCUT2D eigenvalue weighted by atomic mass is 19.3. The molecule has 5 rings (SSSR count). The van der Waals surface area contributed by atoms with Gasteiger partial charge in [-0.25, -0.2) is 0 Å². The van der Waals surface area contributed by atoms with Crippen molar-refractivity contribution in [2.45, 2.75) is 95.7 Å². The van der Waals surface area contributed by atoms with Crippen LogP contribution in [-0.4, -0.2) is 41.2 Å². The Morgan fingerprint density at radius 1 is 0.971 bits per heavy atom. The van der Waals surface area contributed by atoms with Crippen LogP contribution in [0.25, 0.3) is 0 Å². The van der Waals surface area contributed by atoms with Crippen molar-refractivity contribution in [2.75, 3.05) is 6.54 Å². The first-order chi connectivity index (χ1) is 16.5. The summed E-state index contributed by atoms with van der Waals surface area (Å²) >= 11 is 0. The van der Waals surface area contributed by atoms with E-state index in [1.165, 1.54) is 93.9 Å². The third-order valence-electron chi connectivity index (χ3n) is 7.61. The van der Waals surface area contributed by atoms with E-state index in [4.69, 9.17) is 0 Å². The molecule has 0 radical (unpaired) electrons. The number of hydrogen-bond acceptors (Lipinski definition) is 5. The van der Waals surface area contributed by atoms with E-state index in [1.807, 2.05) is 0 Å². The maximum atomic E-state index is 12.2. The highest BCUT2D eigenvalue weighted by Gasteiger charge is 2.39. The van der Waals surface area contributed by atoms with E-state index in [1.54, 1.807) is 0 Å². The van der Waals surface area contributed by atoms with Gasteiger partial charge in [0.15, 0.2) is 5.75 Å². The third kappa shape index (κ3) is 6.14. The fourth-order valence-electron chi connectivity index (χ4n) is 5.63. The monoisotopic (exact) mass is 473 g/mol. The van der Waals surface area contributed by atoms with Crippen LogP contribution < -0.4 is 15.6 Å². The van der Waals surface area contributed by atoms with Crippen LogP contribution in [0.1, 0.15) is 93.0 Å². The van der Waals surface area contributed by atoms with Crippen LogP contribution in [0.5, 0.6) is 5.75 Å². The third-order valence-corrected chi connectivity index (χ3v) is 7.61. The largest absolute Gasteiger partial charge is 0.322 e. The van der Waals surface area contributed by atoms with Crippen molar-refractivity contribution in [1.82, 2.24) is 15.5 Å². The lowest BCUT2D eigenvalue weighted by molar-refractivity contribution is -0.136. The number of imide groups is 1. The number of hydrogen-bond donors (Lipinski definition) is 2. The summed E-state index contributed by atoms with van der Waals surface area (Å²) in [4.78, 5) is 40.2. The second kappa shape index (κ2) is 11.8. The Balaban J connectivity index is 0.000000172. The first kappa shape index (κ1) is 24.6. The molecule has 1 atom stereocenters. The molecule has 0 spiro atoms. The van der Waals surface area contributed by atoms with Gasteiger partial charge < -0.3 is 10.2 Å². The minimum atomic E-state index is -0.664. The number of piperidine rings is 1. The fraction of sp³-hybridized carbons (Fsp3) is 0.654. The predicted molar refractivity (Wildman–Crippen MR) is 126 cm³/mol. The molecule has 2 aliphatic carbocycles. The summed E-state index contributed by atoms with van der Waals surface area (Å²) in [6, 6.07) is 4.45. The maximum Gasteiger partial charge on any atom is 0.255 e. The van der Waals surface area contributed by atoms with E-state index in [0.717, 1.165) is 12.0 Å². The first-order valence-electron chi connectivity index (χ1n) is 12.8. The second-order valence-corrected chi connectivity index (χ2v) is 10.0. The fourth-order valence-corrected chi connectivity index (χ4v) is 5.63. The highest BCUT2D eigenvalue weighted by Crippen LogP contribution is 2.30. The summed E-state index contributed by atoms with van der Waals surface area (Å²) in [5, 5.41) is 6.01. The number of benzene rings is 1. The Labute approximate surface area is 200 Å². The molecule has 1 unspecified atom stereocenters. The smallest absolute Gasteiger partial charge is 0.255 e. The Morgan fingerprint density at radius 3 is 2.35 bits per heavy atom. The van der Waals surface area contributed by atoms with Crippen molar-refractivity contribution in [3.05, 3.63) is 29.3 Å². The molecule has 7 nitrogen and oxygen atoms in total. The normalized spacial score (nSPS) is 23.7. The zero-order valence-corrected chi connectivity index (χ0v) is 19.8. The van der Waals surface area contributed by atoms with Crippen LogP contribution in [0.3, 0.4) is 0 Å². The molecule has 1 aromatic carbocycles. The van der Waals surface area contributed by atoms with Gasteiger partial charge in [0, 0.05) is 29.1 Å². The lowest BCUT2D eigenvalue weighted by Crippen LogP contribution is -2.52. The van der Waals surface area contributed by atoms with Crippen molar-refractivity contribution >= 4 is 17.7 Å². The van der Waals surface area contributed by atoms with Crippen LogP contribution in [-0.2, 0) is 16.1 Å². The molecule has 2 N–H and O–H groups in total. The summed E-state index contributed by atoms with van der Waals surface area (Å²) in [5.74, 6) is -0.0693. The van der Waals surface area contributed by atoms with E-state index < -0.39 is 11.9 Å². The number of carbonyl (C=O) groups is 3. The zero-order valence-electron chi connectivity index (χ0n) is 19.8. The minimum absolute atomic E-state index is 0.0154. The van der Waals surface area contributed by atoms with E-state index in [9.17, 15) is 18.9 Å². The predicted octanol–water partition coefficient (Wildman–Crippen LogP) is 4.20. The van der Waals surface area contributed by atoms with Gasteiger partial charge in [-0.1, -0.05) is 38.5 Å². The Kier molecular flexibility index (Phi) is 8.53. The molecule has 3 fully saturated rings. The molecule has 4 aliphatic rings. The van der Waals surface area contributed by atoms with E-state index in [2.05, 4.69) is 15.6 Å². The lowest BCUT2D eigenvalue weighted by Gasteiger charge is -2.29. The number of nitrogens with one attached hydrogen (secondary N) is 2.